The van der Waals surface area contributed by atoms with Crippen LogP contribution in [0.5, 0.6) is 5.75 Å². The predicted octanol–water partition coefficient (Wildman–Crippen LogP) is 2.39. The molecular formula is C10H12BrNO. The minimum Gasteiger partial charge on any atom is -0.507 e. The Kier molecular flexibility index (Phi) is 3.99. The summed E-state index contributed by atoms with van der Waals surface area (Å²) in [5.74, 6) is 0.293. The lowest BCUT2D eigenvalue weighted by Crippen LogP contribution is -2.03. The van der Waals surface area contributed by atoms with E-state index in [0.29, 0.717) is 5.75 Å². The SMILES string of the molecule is CNCC=Cc1c(O)cccc1Br. The molecule has 0 bridgehead atoms. The number of halogens is 1. The summed E-state index contributed by atoms with van der Waals surface area (Å²) >= 11 is 3.37. The molecule has 70 valence electrons. The first kappa shape index (κ1) is 10.3. The van der Waals surface area contributed by atoms with Gasteiger partial charge in [-0.2, -0.15) is 0 Å². The van der Waals surface area contributed by atoms with Crippen LogP contribution >= 0.6 is 15.9 Å². The number of hydrogen-bond acceptors (Lipinski definition) is 2. The average Bonchev–Trinajstić information content (AvgIpc) is 2.10. The molecule has 0 unspecified atom stereocenters. The van der Waals surface area contributed by atoms with Gasteiger partial charge >= 0.3 is 0 Å². The third-order valence-corrected chi connectivity index (χ3v) is 2.33. The highest BCUT2D eigenvalue weighted by atomic mass is 79.9. The highest BCUT2D eigenvalue weighted by molar-refractivity contribution is 9.10. The van der Waals surface area contributed by atoms with Crippen molar-refractivity contribution in [1.29, 1.82) is 0 Å². The summed E-state index contributed by atoms with van der Waals surface area (Å²) in [5.41, 5.74) is 0.817. The molecule has 0 aliphatic rings. The van der Waals surface area contributed by atoms with Gasteiger partial charge in [-0.05, 0) is 19.2 Å². The second kappa shape index (κ2) is 5.04. The Bertz CT molecular complexity index is 290. The van der Waals surface area contributed by atoms with Crippen molar-refractivity contribution >= 4 is 22.0 Å². The van der Waals surface area contributed by atoms with Gasteiger partial charge in [0.05, 0.1) is 0 Å². The topological polar surface area (TPSA) is 32.3 Å². The lowest BCUT2D eigenvalue weighted by molar-refractivity contribution is 0.473. The zero-order valence-electron chi connectivity index (χ0n) is 7.42. The Morgan fingerprint density at radius 1 is 1.54 bits per heavy atom. The third kappa shape index (κ3) is 2.86. The first-order valence-corrected chi connectivity index (χ1v) is 4.83. The molecule has 1 aromatic carbocycles. The number of benzene rings is 1. The van der Waals surface area contributed by atoms with Gasteiger partial charge in [-0.15, -0.1) is 0 Å². The van der Waals surface area contributed by atoms with Crippen LogP contribution in [0.3, 0.4) is 0 Å². The summed E-state index contributed by atoms with van der Waals surface area (Å²) < 4.78 is 0.903. The fourth-order valence-electron chi connectivity index (χ4n) is 0.985. The Balaban J connectivity index is 2.87. The van der Waals surface area contributed by atoms with Crippen molar-refractivity contribution in [2.75, 3.05) is 13.6 Å². The number of likely N-dealkylation sites (N-methyl/N-ethyl adjacent to an activating group) is 1. The monoisotopic (exact) mass is 241 g/mol. The second-order valence-electron chi connectivity index (χ2n) is 2.63. The third-order valence-electron chi connectivity index (χ3n) is 1.64. The van der Waals surface area contributed by atoms with Crippen LogP contribution in [0.2, 0.25) is 0 Å². The molecule has 0 atom stereocenters. The summed E-state index contributed by atoms with van der Waals surface area (Å²) in [6.45, 7) is 0.792. The summed E-state index contributed by atoms with van der Waals surface area (Å²) in [6.07, 6.45) is 3.84. The Hall–Kier alpha value is -0.800. The van der Waals surface area contributed by atoms with Crippen molar-refractivity contribution in [2.45, 2.75) is 0 Å². The molecule has 0 aliphatic carbocycles. The van der Waals surface area contributed by atoms with Crippen LogP contribution in [0, 0.1) is 0 Å². The standard InChI is InChI=1S/C10H12BrNO/c1-12-7-3-4-8-9(11)5-2-6-10(8)13/h2-6,12-13H,7H2,1H3. The first-order valence-electron chi connectivity index (χ1n) is 4.04. The van der Waals surface area contributed by atoms with Crippen molar-refractivity contribution < 1.29 is 5.11 Å². The predicted molar refractivity (Wildman–Crippen MR) is 58.8 cm³/mol. The van der Waals surface area contributed by atoms with Gasteiger partial charge in [0.15, 0.2) is 0 Å². The van der Waals surface area contributed by atoms with E-state index in [1.54, 1.807) is 12.1 Å². The molecule has 0 aliphatic heterocycles. The zero-order valence-corrected chi connectivity index (χ0v) is 9.01. The smallest absolute Gasteiger partial charge is 0.123 e. The second-order valence-corrected chi connectivity index (χ2v) is 3.49. The molecule has 0 heterocycles. The number of rotatable bonds is 3. The highest BCUT2D eigenvalue weighted by Gasteiger charge is 1.99. The molecule has 0 amide bonds. The van der Waals surface area contributed by atoms with Crippen molar-refractivity contribution in [1.82, 2.24) is 5.32 Å². The fourth-order valence-corrected chi connectivity index (χ4v) is 1.47. The van der Waals surface area contributed by atoms with Gasteiger partial charge in [-0.3, -0.25) is 0 Å². The molecule has 0 spiro atoms. The van der Waals surface area contributed by atoms with E-state index in [1.807, 2.05) is 25.3 Å². The number of aromatic hydroxyl groups is 1. The first-order chi connectivity index (χ1) is 6.25. The van der Waals surface area contributed by atoms with Gasteiger partial charge < -0.3 is 10.4 Å². The Morgan fingerprint density at radius 2 is 2.31 bits per heavy atom. The quantitative estimate of drug-likeness (QED) is 0.852. The van der Waals surface area contributed by atoms with E-state index in [0.717, 1.165) is 16.6 Å². The van der Waals surface area contributed by atoms with Crippen LogP contribution < -0.4 is 5.32 Å². The van der Waals surface area contributed by atoms with Crippen LogP contribution in [-0.2, 0) is 0 Å². The van der Waals surface area contributed by atoms with Crippen LogP contribution in [-0.4, -0.2) is 18.7 Å². The van der Waals surface area contributed by atoms with E-state index in [9.17, 15) is 5.11 Å². The van der Waals surface area contributed by atoms with Gasteiger partial charge in [0.2, 0.25) is 0 Å². The molecule has 1 rings (SSSR count). The zero-order chi connectivity index (χ0) is 9.68. The molecule has 0 aromatic heterocycles. The van der Waals surface area contributed by atoms with Crippen molar-refractivity contribution in [3.63, 3.8) is 0 Å². The van der Waals surface area contributed by atoms with Crippen LogP contribution in [0.1, 0.15) is 5.56 Å². The van der Waals surface area contributed by atoms with Crippen LogP contribution in [0.4, 0.5) is 0 Å². The van der Waals surface area contributed by atoms with Crippen LogP contribution in [0.25, 0.3) is 6.08 Å². The van der Waals surface area contributed by atoms with Gasteiger partial charge in [0.25, 0.3) is 0 Å². The van der Waals surface area contributed by atoms with E-state index in [2.05, 4.69) is 21.2 Å². The number of phenols is 1. The molecule has 2 nitrogen and oxygen atoms in total. The normalized spacial score (nSPS) is 10.9. The van der Waals surface area contributed by atoms with Crippen molar-refractivity contribution in [3.8, 4) is 5.75 Å². The fraction of sp³-hybridized carbons (Fsp3) is 0.200. The maximum Gasteiger partial charge on any atom is 0.123 e. The van der Waals surface area contributed by atoms with E-state index < -0.39 is 0 Å². The van der Waals surface area contributed by atoms with Gasteiger partial charge in [0.1, 0.15) is 5.75 Å². The van der Waals surface area contributed by atoms with Gasteiger partial charge in [0, 0.05) is 16.6 Å². The minimum atomic E-state index is 0.293. The van der Waals surface area contributed by atoms with Crippen molar-refractivity contribution in [3.05, 3.63) is 34.3 Å². The van der Waals surface area contributed by atoms with E-state index in [1.165, 1.54) is 0 Å². The maximum atomic E-state index is 9.49. The molecule has 3 heteroatoms. The van der Waals surface area contributed by atoms with E-state index in [-0.39, 0.29) is 0 Å². The molecule has 0 saturated carbocycles. The van der Waals surface area contributed by atoms with Crippen LogP contribution in [0.15, 0.2) is 28.7 Å². The Morgan fingerprint density at radius 3 is 2.92 bits per heavy atom. The van der Waals surface area contributed by atoms with Crippen molar-refractivity contribution in [2.24, 2.45) is 0 Å². The molecule has 2 N–H and O–H groups in total. The average molecular weight is 242 g/mol. The maximum absolute atomic E-state index is 9.49. The molecule has 0 saturated heterocycles. The summed E-state index contributed by atoms with van der Waals surface area (Å²) in [5, 5.41) is 12.5. The summed E-state index contributed by atoms with van der Waals surface area (Å²) in [6, 6.07) is 5.37. The molecule has 0 fully saturated rings. The molecular weight excluding hydrogens is 230 g/mol. The number of nitrogens with one attached hydrogen (secondary N) is 1. The number of hydrogen-bond donors (Lipinski definition) is 2. The lowest BCUT2D eigenvalue weighted by atomic mass is 10.2. The lowest BCUT2D eigenvalue weighted by Gasteiger charge is -2.01. The van der Waals surface area contributed by atoms with Gasteiger partial charge in [-0.1, -0.05) is 34.1 Å². The summed E-state index contributed by atoms with van der Waals surface area (Å²) in [7, 11) is 1.88. The Labute approximate surface area is 86.4 Å². The summed E-state index contributed by atoms with van der Waals surface area (Å²) in [4.78, 5) is 0. The van der Waals surface area contributed by atoms with Gasteiger partial charge in [-0.25, -0.2) is 0 Å². The molecule has 1 aromatic rings. The van der Waals surface area contributed by atoms with E-state index in [4.69, 9.17) is 0 Å². The molecule has 0 radical (unpaired) electrons. The minimum absolute atomic E-state index is 0.293. The number of phenolic OH excluding ortho intramolecular Hbond substituents is 1. The molecule has 13 heavy (non-hydrogen) atoms. The van der Waals surface area contributed by atoms with E-state index >= 15 is 0 Å². The highest BCUT2D eigenvalue weighted by Crippen LogP contribution is 2.26. The largest absolute Gasteiger partial charge is 0.507 e.